The SMILES string of the molecule is CCC(N)C(=O)NCCCc1cn[nH]c1C. The summed E-state index contributed by atoms with van der Waals surface area (Å²) in [7, 11) is 0. The molecule has 1 heterocycles. The Labute approximate surface area is 95.8 Å². The minimum atomic E-state index is -0.379. The van der Waals surface area contributed by atoms with Gasteiger partial charge < -0.3 is 11.1 Å². The van der Waals surface area contributed by atoms with E-state index in [4.69, 9.17) is 5.73 Å². The van der Waals surface area contributed by atoms with Crippen LogP contribution >= 0.6 is 0 Å². The maximum atomic E-state index is 11.3. The fourth-order valence-electron chi connectivity index (χ4n) is 1.43. The maximum Gasteiger partial charge on any atom is 0.236 e. The van der Waals surface area contributed by atoms with Gasteiger partial charge in [-0.1, -0.05) is 6.92 Å². The lowest BCUT2D eigenvalue weighted by molar-refractivity contribution is -0.122. The highest BCUT2D eigenvalue weighted by atomic mass is 16.2. The number of H-pyrrole nitrogens is 1. The van der Waals surface area contributed by atoms with E-state index in [0.29, 0.717) is 13.0 Å². The minimum Gasteiger partial charge on any atom is -0.355 e. The normalized spacial score (nSPS) is 12.4. The number of aromatic amines is 1. The van der Waals surface area contributed by atoms with Gasteiger partial charge in [0.05, 0.1) is 12.2 Å². The van der Waals surface area contributed by atoms with E-state index in [2.05, 4.69) is 15.5 Å². The van der Waals surface area contributed by atoms with Crippen LogP contribution < -0.4 is 11.1 Å². The van der Waals surface area contributed by atoms with Crippen molar-refractivity contribution in [2.24, 2.45) is 5.73 Å². The van der Waals surface area contributed by atoms with E-state index in [1.807, 2.05) is 20.0 Å². The highest BCUT2D eigenvalue weighted by Crippen LogP contribution is 2.04. The van der Waals surface area contributed by atoms with Crippen LogP contribution in [0.1, 0.15) is 31.0 Å². The van der Waals surface area contributed by atoms with Crippen molar-refractivity contribution in [3.63, 3.8) is 0 Å². The Morgan fingerprint density at radius 1 is 1.69 bits per heavy atom. The molecule has 0 saturated carbocycles. The molecule has 90 valence electrons. The van der Waals surface area contributed by atoms with Gasteiger partial charge in [-0.2, -0.15) is 5.10 Å². The van der Waals surface area contributed by atoms with E-state index in [0.717, 1.165) is 18.5 Å². The number of nitrogens with one attached hydrogen (secondary N) is 2. The molecule has 1 amide bonds. The summed E-state index contributed by atoms with van der Waals surface area (Å²) in [5.41, 5.74) is 7.89. The van der Waals surface area contributed by atoms with Gasteiger partial charge in [-0.25, -0.2) is 0 Å². The molecule has 0 aromatic carbocycles. The molecule has 0 bridgehead atoms. The first-order chi connectivity index (χ1) is 7.65. The van der Waals surface area contributed by atoms with Crippen molar-refractivity contribution in [3.8, 4) is 0 Å². The van der Waals surface area contributed by atoms with Gasteiger partial charge >= 0.3 is 0 Å². The van der Waals surface area contributed by atoms with Crippen LogP contribution in [0, 0.1) is 6.92 Å². The molecule has 1 rings (SSSR count). The third-order valence-electron chi connectivity index (χ3n) is 2.63. The fourth-order valence-corrected chi connectivity index (χ4v) is 1.43. The van der Waals surface area contributed by atoms with Crippen LogP contribution in [0.4, 0.5) is 0 Å². The number of nitrogens with zero attached hydrogens (tertiary/aromatic N) is 1. The number of aryl methyl sites for hydroxylation is 2. The minimum absolute atomic E-state index is 0.0635. The molecule has 5 heteroatoms. The van der Waals surface area contributed by atoms with Crippen molar-refractivity contribution in [2.75, 3.05) is 6.54 Å². The van der Waals surface area contributed by atoms with Crippen LogP contribution in [-0.4, -0.2) is 28.7 Å². The molecule has 0 fully saturated rings. The largest absolute Gasteiger partial charge is 0.355 e. The number of hydrogen-bond donors (Lipinski definition) is 3. The molecule has 0 spiro atoms. The van der Waals surface area contributed by atoms with E-state index in [1.54, 1.807) is 0 Å². The number of aromatic nitrogens is 2. The zero-order valence-corrected chi connectivity index (χ0v) is 9.92. The Morgan fingerprint density at radius 3 is 3.00 bits per heavy atom. The van der Waals surface area contributed by atoms with E-state index in [9.17, 15) is 4.79 Å². The van der Waals surface area contributed by atoms with E-state index < -0.39 is 0 Å². The zero-order chi connectivity index (χ0) is 12.0. The number of carbonyl (C=O) groups is 1. The second-order valence-electron chi connectivity index (χ2n) is 3.93. The number of nitrogens with two attached hydrogens (primary N) is 1. The summed E-state index contributed by atoms with van der Waals surface area (Å²) in [4.78, 5) is 11.3. The first-order valence-corrected chi connectivity index (χ1v) is 5.67. The molecule has 0 radical (unpaired) electrons. The van der Waals surface area contributed by atoms with E-state index in [-0.39, 0.29) is 11.9 Å². The molecule has 0 aliphatic rings. The van der Waals surface area contributed by atoms with Crippen molar-refractivity contribution in [3.05, 3.63) is 17.5 Å². The van der Waals surface area contributed by atoms with Gasteiger partial charge in [-0.3, -0.25) is 9.89 Å². The molecule has 1 aromatic heterocycles. The zero-order valence-electron chi connectivity index (χ0n) is 9.92. The first kappa shape index (κ1) is 12.7. The van der Waals surface area contributed by atoms with E-state index >= 15 is 0 Å². The van der Waals surface area contributed by atoms with Crippen LogP contribution in [0.25, 0.3) is 0 Å². The third-order valence-corrected chi connectivity index (χ3v) is 2.63. The Hall–Kier alpha value is -1.36. The summed E-state index contributed by atoms with van der Waals surface area (Å²) < 4.78 is 0. The highest BCUT2D eigenvalue weighted by Gasteiger charge is 2.09. The van der Waals surface area contributed by atoms with Crippen LogP contribution in [-0.2, 0) is 11.2 Å². The summed E-state index contributed by atoms with van der Waals surface area (Å²) in [5, 5.41) is 9.65. The van der Waals surface area contributed by atoms with E-state index in [1.165, 1.54) is 5.56 Å². The Kier molecular flexibility index (Phi) is 4.98. The van der Waals surface area contributed by atoms with Crippen LogP contribution in [0.2, 0.25) is 0 Å². The monoisotopic (exact) mass is 224 g/mol. The molecule has 0 aliphatic carbocycles. The lowest BCUT2D eigenvalue weighted by Gasteiger charge is -2.09. The van der Waals surface area contributed by atoms with Crippen molar-refractivity contribution in [1.29, 1.82) is 0 Å². The van der Waals surface area contributed by atoms with Gasteiger partial charge in [0.15, 0.2) is 0 Å². The van der Waals surface area contributed by atoms with Gasteiger partial charge in [0, 0.05) is 12.2 Å². The summed E-state index contributed by atoms with van der Waals surface area (Å²) >= 11 is 0. The second-order valence-corrected chi connectivity index (χ2v) is 3.93. The van der Waals surface area contributed by atoms with Gasteiger partial charge in [-0.15, -0.1) is 0 Å². The Morgan fingerprint density at radius 2 is 2.44 bits per heavy atom. The smallest absolute Gasteiger partial charge is 0.236 e. The van der Waals surface area contributed by atoms with Crippen LogP contribution in [0.15, 0.2) is 6.20 Å². The van der Waals surface area contributed by atoms with Gasteiger partial charge in [0.2, 0.25) is 5.91 Å². The maximum absolute atomic E-state index is 11.3. The van der Waals surface area contributed by atoms with Crippen LogP contribution in [0.3, 0.4) is 0 Å². The van der Waals surface area contributed by atoms with Crippen LogP contribution in [0.5, 0.6) is 0 Å². The molecule has 0 aliphatic heterocycles. The third kappa shape index (κ3) is 3.66. The average molecular weight is 224 g/mol. The topological polar surface area (TPSA) is 83.8 Å². The van der Waals surface area contributed by atoms with Crippen molar-refractivity contribution < 1.29 is 4.79 Å². The van der Waals surface area contributed by atoms with Gasteiger partial charge in [-0.05, 0) is 31.7 Å². The molecule has 1 aromatic rings. The molecule has 1 unspecified atom stereocenters. The second kappa shape index (κ2) is 6.27. The number of amides is 1. The van der Waals surface area contributed by atoms with Crippen molar-refractivity contribution in [1.82, 2.24) is 15.5 Å². The van der Waals surface area contributed by atoms with Crippen molar-refractivity contribution in [2.45, 2.75) is 39.2 Å². The predicted molar refractivity (Wildman–Crippen MR) is 62.9 cm³/mol. The molecular formula is C11H20N4O. The molecule has 5 nitrogen and oxygen atoms in total. The molecule has 0 saturated heterocycles. The predicted octanol–water partition coefficient (Wildman–Crippen LogP) is 0.504. The highest BCUT2D eigenvalue weighted by molar-refractivity contribution is 5.81. The lowest BCUT2D eigenvalue weighted by atomic mass is 10.1. The summed E-state index contributed by atoms with van der Waals surface area (Å²) in [5.74, 6) is -0.0635. The summed E-state index contributed by atoms with van der Waals surface area (Å²) in [6, 6.07) is -0.379. The Bertz CT molecular complexity index is 334. The first-order valence-electron chi connectivity index (χ1n) is 5.67. The number of carbonyl (C=O) groups excluding carboxylic acids is 1. The quantitative estimate of drug-likeness (QED) is 0.615. The number of rotatable bonds is 6. The molecule has 4 N–H and O–H groups in total. The number of hydrogen-bond acceptors (Lipinski definition) is 3. The fraction of sp³-hybridized carbons (Fsp3) is 0.636. The van der Waals surface area contributed by atoms with Gasteiger partial charge in [0.1, 0.15) is 0 Å². The molecule has 1 atom stereocenters. The van der Waals surface area contributed by atoms with Crippen molar-refractivity contribution >= 4 is 5.91 Å². The molecule has 16 heavy (non-hydrogen) atoms. The standard InChI is InChI=1S/C11H20N4O/c1-3-10(12)11(16)13-6-4-5-9-7-14-15-8(9)2/h7,10H,3-6,12H2,1-2H3,(H,13,16)(H,14,15). The van der Waals surface area contributed by atoms with Gasteiger partial charge in [0.25, 0.3) is 0 Å². The lowest BCUT2D eigenvalue weighted by Crippen LogP contribution is -2.40. The summed E-state index contributed by atoms with van der Waals surface area (Å²) in [6.07, 6.45) is 4.33. The molecular weight excluding hydrogens is 204 g/mol. The Balaban J connectivity index is 2.17. The summed E-state index contributed by atoms with van der Waals surface area (Å²) in [6.45, 7) is 4.56. The average Bonchev–Trinajstić information content (AvgIpc) is 2.69.